The van der Waals surface area contributed by atoms with Gasteiger partial charge in [-0.25, -0.2) is 0 Å². The van der Waals surface area contributed by atoms with Crippen LogP contribution in [0.25, 0.3) is 0 Å². The Bertz CT molecular complexity index is 474. The summed E-state index contributed by atoms with van der Waals surface area (Å²) < 4.78 is 0. The molecule has 21 heavy (non-hydrogen) atoms. The molecule has 1 aliphatic carbocycles. The maximum Gasteiger partial charge on any atom is 0.0164 e. The molecule has 1 N–H and O–H groups in total. The van der Waals surface area contributed by atoms with Gasteiger partial charge in [0, 0.05) is 6.54 Å². The Morgan fingerprint density at radius 3 is 2.67 bits per heavy atom. The summed E-state index contributed by atoms with van der Waals surface area (Å²) in [5.41, 5.74) is 5.01. The van der Waals surface area contributed by atoms with Gasteiger partial charge in [-0.2, -0.15) is 0 Å². The Morgan fingerprint density at radius 1 is 1.14 bits per heavy atom. The smallest absolute Gasteiger partial charge is 0.0164 e. The van der Waals surface area contributed by atoms with Gasteiger partial charge >= 0.3 is 0 Å². The van der Waals surface area contributed by atoms with Gasteiger partial charge in [-0.05, 0) is 62.1 Å². The summed E-state index contributed by atoms with van der Waals surface area (Å²) in [7, 11) is 0. The molecule has 0 saturated carbocycles. The summed E-state index contributed by atoms with van der Waals surface area (Å²) in [5.74, 6) is 0. The van der Waals surface area contributed by atoms with Crippen LogP contribution in [0, 0.1) is 12.3 Å². The van der Waals surface area contributed by atoms with E-state index in [9.17, 15) is 0 Å². The van der Waals surface area contributed by atoms with E-state index in [0.29, 0.717) is 5.41 Å². The minimum absolute atomic E-state index is 0.407. The van der Waals surface area contributed by atoms with Gasteiger partial charge in [-0.1, -0.05) is 56.2 Å². The first-order chi connectivity index (χ1) is 10.2. The molecule has 0 spiro atoms. The fourth-order valence-corrected chi connectivity index (χ4v) is 3.66. The number of benzene rings is 1. The van der Waals surface area contributed by atoms with E-state index in [1.165, 1.54) is 49.7 Å². The van der Waals surface area contributed by atoms with Gasteiger partial charge in [0.15, 0.2) is 0 Å². The molecule has 0 fully saturated rings. The van der Waals surface area contributed by atoms with Crippen molar-refractivity contribution in [2.45, 2.75) is 59.3 Å². The maximum absolute atomic E-state index is 3.56. The molecule has 0 bridgehead atoms. The van der Waals surface area contributed by atoms with E-state index in [-0.39, 0.29) is 0 Å². The number of hydrogen-bond acceptors (Lipinski definition) is 1. The normalized spacial score (nSPS) is 21.6. The Balaban J connectivity index is 2.09. The van der Waals surface area contributed by atoms with Gasteiger partial charge in [0.2, 0.25) is 0 Å². The zero-order chi connectivity index (χ0) is 15.1. The third kappa shape index (κ3) is 4.44. The van der Waals surface area contributed by atoms with E-state index in [1.807, 2.05) is 0 Å². The summed E-state index contributed by atoms with van der Waals surface area (Å²) in [5, 5.41) is 3.56. The Labute approximate surface area is 130 Å². The van der Waals surface area contributed by atoms with Crippen LogP contribution in [0.2, 0.25) is 0 Å². The number of aryl methyl sites for hydroxylation is 1. The van der Waals surface area contributed by atoms with Crippen molar-refractivity contribution in [1.82, 2.24) is 5.32 Å². The molecule has 1 heteroatoms. The standard InChI is InChI=1S/C20H31N/c1-4-11-20(15-19-9-7-6-8-17(19)3)12-10-18(14-20)16-21-13-5-2/h6-9,14,21H,4-5,10-13,15-16H2,1-3H3. The maximum atomic E-state index is 3.56. The topological polar surface area (TPSA) is 12.0 Å². The predicted octanol–water partition coefficient (Wildman–Crippen LogP) is 5.04. The quantitative estimate of drug-likeness (QED) is 0.521. The number of allylic oxidation sites excluding steroid dienone is 1. The molecule has 0 aliphatic heterocycles. The van der Waals surface area contributed by atoms with Crippen LogP contribution >= 0.6 is 0 Å². The van der Waals surface area contributed by atoms with Crippen molar-refractivity contribution in [3.63, 3.8) is 0 Å². The van der Waals surface area contributed by atoms with Crippen molar-refractivity contribution >= 4 is 0 Å². The summed E-state index contributed by atoms with van der Waals surface area (Å²) in [4.78, 5) is 0. The SMILES string of the molecule is CCCNCC1=CC(CCC)(Cc2ccccc2C)CC1. The lowest BCUT2D eigenvalue weighted by molar-refractivity contribution is 0.337. The number of nitrogens with one attached hydrogen (secondary N) is 1. The molecular formula is C20H31N. The lowest BCUT2D eigenvalue weighted by Crippen LogP contribution is -2.19. The van der Waals surface area contributed by atoms with Crippen LogP contribution in [-0.4, -0.2) is 13.1 Å². The molecule has 0 aromatic heterocycles. The third-order valence-electron chi connectivity index (χ3n) is 4.78. The fraction of sp³-hybridized carbons (Fsp3) is 0.600. The van der Waals surface area contributed by atoms with Crippen LogP contribution in [0.15, 0.2) is 35.9 Å². The molecule has 1 aromatic rings. The van der Waals surface area contributed by atoms with Crippen LogP contribution in [0.3, 0.4) is 0 Å². The highest BCUT2D eigenvalue weighted by Gasteiger charge is 2.32. The first-order valence-electron chi connectivity index (χ1n) is 8.65. The average Bonchev–Trinajstić information content (AvgIpc) is 2.86. The van der Waals surface area contributed by atoms with Crippen molar-refractivity contribution in [2.75, 3.05) is 13.1 Å². The van der Waals surface area contributed by atoms with E-state index in [0.717, 1.165) is 13.1 Å². The van der Waals surface area contributed by atoms with Gasteiger partial charge in [0.25, 0.3) is 0 Å². The summed E-state index contributed by atoms with van der Waals surface area (Å²) >= 11 is 0. The van der Waals surface area contributed by atoms with Crippen LogP contribution in [-0.2, 0) is 6.42 Å². The zero-order valence-corrected chi connectivity index (χ0v) is 14.0. The molecular weight excluding hydrogens is 254 g/mol. The second kappa shape index (κ2) is 7.79. The molecule has 0 heterocycles. The van der Waals surface area contributed by atoms with Crippen LogP contribution in [0.4, 0.5) is 0 Å². The van der Waals surface area contributed by atoms with Gasteiger partial charge < -0.3 is 5.32 Å². The van der Waals surface area contributed by atoms with Crippen molar-refractivity contribution in [2.24, 2.45) is 5.41 Å². The van der Waals surface area contributed by atoms with Gasteiger partial charge in [-0.15, -0.1) is 0 Å². The summed E-state index contributed by atoms with van der Waals surface area (Å²) in [6.07, 6.45) is 10.3. The van der Waals surface area contributed by atoms with Crippen molar-refractivity contribution < 1.29 is 0 Å². The van der Waals surface area contributed by atoms with Gasteiger partial charge in [-0.3, -0.25) is 0 Å². The van der Waals surface area contributed by atoms with Crippen molar-refractivity contribution in [3.05, 3.63) is 47.0 Å². The van der Waals surface area contributed by atoms with Gasteiger partial charge in [0.1, 0.15) is 0 Å². The Morgan fingerprint density at radius 2 is 1.95 bits per heavy atom. The molecule has 1 nitrogen and oxygen atoms in total. The minimum Gasteiger partial charge on any atom is -0.313 e. The van der Waals surface area contributed by atoms with Crippen LogP contribution in [0.5, 0.6) is 0 Å². The first-order valence-corrected chi connectivity index (χ1v) is 8.65. The zero-order valence-electron chi connectivity index (χ0n) is 14.0. The second-order valence-corrected chi connectivity index (χ2v) is 6.69. The largest absolute Gasteiger partial charge is 0.313 e. The van der Waals surface area contributed by atoms with E-state index in [4.69, 9.17) is 0 Å². The number of hydrogen-bond donors (Lipinski definition) is 1. The number of rotatable bonds is 8. The van der Waals surface area contributed by atoms with E-state index in [1.54, 1.807) is 5.57 Å². The average molecular weight is 285 g/mol. The molecule has 0 saturated heterocycles. The highest BCUT2D eigenvalue weighted by atomic mass is 14.8. The van der Waals surface area contributed by atoms with Crippen LogP contribution in [0.1, 0.15) is 57.1 Å². The van der Waals surface area contributed by atoms with E-state index < -0.39 is 0 Å². The molecule has 2 rings (SSSR count). The fourth-order valence-electron chi connectivity index (χ4n) is 3.66. The molecule has 1 aromatic carbocycles. The molecule has 1 aliphatic rings. The Hall–Kier alpha value is -1.08. The molecule has 116 valence electrons. The first kappa shape index (κ1) is 16.3. The summed E-state index contributed by atoms with van der Waals surface area (Å²) in [6.45, 7) is 9.02. The highest BCUT2D eigenvalue weighted by Crippen LogP contribution is 2.43. The highest BCUT2D eigenvalue weighted by molar-refractivity contribution is 5.30. The molecule has 0 radical (unpaired) electrons. The van der Waals surface area contributed by atoms with Crippen molar-refractivity contribution in [1.29, 1.82) is 0 Å². The third-order valence-corrected chi connectivity index (χ3v) is 4.78. The van der Waals surface area contributed by atoms with E-state index >= 15 is 0 Å². The lowest BCUT2D eigenvalue weighted by Gasteiger charge is -2.28. The Kier molecular flexibility index (Phi) is 6.05. The predicted molar refractivity (Wildman–Crippen MR) is 92.7 cm³/mol. The van der Waals surface area contributed by atoms with Crippen molar-refractivity contribution in [3.8, 4) is 0 Å². The van der Waals surface area contributed by atoms with E-state index in [2.05, 4.69) is 56.4 Å². The molecule has 1 unspecified atom stereocenters. The van der Waals surface area contributed by atoms with Crippen LogP contribution < -0.4 is 5.32 Å². The monoisotopic (exact) mass is 285 g/mol. The van der Waals surface area contributed by atoms with Gasteiger partial charge in [0.05, 0.1) is 0 Å². The lowest BCUT2D eigenvalue weighted by atomic mass is 9.77. The molecule has 0 amide bonds. The summed E-state index contributed by atoms with van der Waals surface area (Å²) in [6, 6.07) is 8.89. The second-order valence-electron chi connectivity index (χ2n) is 6.69. The molecule has 1 atom stereocenters. The minimum atomic E-state index is 0.407.